The molecular weight excluding hydrogens is 469 g/mol. The third kappa shape index (κ3) is 5.89. The number of alkyl halides is 3. The summed E-state index contributed by atoms with van der Waals surface area (Å²) in [5.41, 5.74) is -1.06. The van der Waals surface area contributed by atoms with Crippen molar-refractivity contribution in [1.29, 1.82) is 0 Å². The third-order valence-corrected chi connectivity index (χ3v) is 9.05. The van der Waals surface area contributed by atoms with Gasteiger partial charge < -0.3 is 0 Å². The van der Waals surface area contributed by atoms with Crippen LogP contribution in [-0.2, 0) is 20.0 Å². The average Bonchev–Trinajstić information content (AvgIpc) is 2.57. The Labute approximate surface area is 188 Å². The minimum Gasteiger partial charge on any atom is -0.284 e. The summed E-state index contributed by atoms with van der Waals surface area (Å²) in [4.78, 5) is 10.6. The molecule has 0 heterocycles. The molecule has 1 rings (SSSR count). The van der Waals surface area contributed by atoms with E-state index in [0.717, 1.165) is 14.7 Å². The number of sulfonamides is 2. The van der Waals surface area contributed by atoms with Gasteiger partial charge in [0.1, 0.15) is 0 Å². The van der Waals surface area contributed by atoms with Crippen LogP contribution in [0.1, 0.15) is 65.7 Å². The zero-order chi connectivity index (χ0) is 25.4. The van der Waals surface area contributed by atoms with Gasteiger partial charge in [0.05, 0.1) is 9.79 Å². The molecule has 0 atom stereocenters. The second kappa shape index (κ2) is 9.78. The largest absolute Gasteiger partial charge is 0.454 e. The highest BCUT2D eigenvalue weighted by Gasteiger charge is 2.41. The second-order valence-electron chi connectivity index (χ2n) is 8.56. The predicted molar refractivity (Wildman–Crippen MR) is 115 cm³/mol. The molecule has 0 saturated heterocycles. The lowest BCUT2D eigenvalue weighted by atomic mass is 10.1. The number of halogens is 3. The molecule has 0 amide bonds. The van der Waals surface area contributed by atoms with E-state index in [2.05, 4.69) is 0 Å². The highest BCUT2D eigenvalue weighted by Crippen LogP contribution is 2.31. The molecule has 32 heavy (non-hydrogen) atoms. The first-order chi connectivity index (χ1) is 14.3. The Balaban J connectivity index is 3.99. The van der Waals surface area contributed by atoms with Gasteiger partial charge in [0, 0.05) is 29.7 Å². The van der Waals surface area contributed by atoms with Crippen molar-refractivity contribution >= 4 is 25.8 Å². The molecule has 12 heteroatoms. The van der Waals surface area contributed by atoms with E-state index >= 15 is 0 Å². The van der Waals surface area contributed by atoms with Gasteiger partial charge >= 0.3 is 6.18 Å². The Morgan fingerprint density at radius 3 is 1.19 bits per heavy atom. The summed E-state index contributed by atoms with van der Waals surface area (Å²) in [5.74, 6) is -2.33. The van der Waals surface area contributed by atoms with E-state index in [1.165, 1.54) is 0 Å². The van der Waals surface area contributed by atoms with Crippen molar-refractivity contribution < 1.29 is 34.8 Å². The molecule has 7 nitrogen and oxygen atoms in total. The van der Waals surface area contributed by atoms with E-state index in [-0.39, 0.29) is 0 Å². The van der Waals surface area contributed by atoms with Crippen molar-refractivity contribution in [3.63, 3.8) is 0 Å². The van der Waals surface area contributed by atoms with Crippen LogP contribution in [0.4, 0.5) is 13.2 Å². The van der Waals surface area contributed by atoms with Gasteiger partial charge in [-0.15, -0.1) is 0 Å². The summed E-state index contributed by atoms with van der Waals surface area (Å²) < 4.78 is 94.7. The summed E-state index contributed by atoms with van der Waals surface area (Å²) >= 11 is 0. The number of rotatable bonds is 9. The van der Waals surface area contributed by atoms with E-state index in [0.29, 0.717) is 12.1 Å². The SMILES string of the molecule is CC(C)N(C(C)C)S(=O)(=O)c1cc(C(=O)C(F)(F)F)cc(S(=O)(=O)N(C(C)C)C(C)C)c1. The number of carbonyl (C=O) groups is 1. The van der Waals surface area contributed by atoms with Gasteiger partial charge in [-0.1, -0.05) is 0 Å². The molecule has 0 bridgehead atoms. The number of hydrogen-bond donors (Lipinski definition) is 0. The van der Waals surface area contributed by atoms with Crippen molar-refractivity contribution in [3.05, 3.63) is 23.8 Å². The molecular formula is C20H31F3N2O5S2. The van der Waals surface area contributed by atoms with Gasteiger partial charge in [-0.3, -0.25) is 4.79 Å². The standard InChI is InChI=1S/C20H31F3N2O5S2/c1-12(2)24(13(3)4)31(27,28)17-9-16(19(26)20(21,22)23)10-18(11-17)32(29,30)25(14(5)6)15(7)8/h9-15H,1-8H3. The molecule has 1 aromatic carbocycles. The van der Waals surface area contributed by atoms with Crippen LogP contribution in [-0.4, -0.2) is 61.6 Å². The summed E-state index contributed by atoms with van der Waals surface area (Å²) in [6.07, 6.45) is -5.31. The normalized spacial score (nSPS) is 13.9. The van der Waals surface area contributed by atoms with Crippen molar-refractivity contribution in [2.45, 2.75) is 95.5 Å². The fraction of sp³-hybridized carbons (Fsp3) is 0.650. The summed E-state index contributed by atoms with van der Waals surface area (Å²) in [5, 5.41) is 0. The summed E-state index contributed by atoms with van der Waals surface area (Å²) in [7, 11) is -8.84. The van der Waals surface area contributed by atoms with Gasteiger partial charge in [-0.05, 0) is 73.6 Å². The molecule has 0 fully saturated rings. The second-order valence-corrected chi connectivity index (χ2v) is 12.3. The van der Waals surface area contributed by atoms with Crippen LogP contribution in [0.2, 0.25) is 0 Å². The van der Waals surface area contributed by atoms with Crippen LogP contribution in [0, 0.1) is 0 Å². The Hall–Kier alpha value is -1.50. The average molecular weight is 501 g/mol. The van der Waals surface area contributed by atoms with Gasteiger partial charge in [-0.25, -0.2) is 16.8 Å². The monoisotopic (exact) mass is 500 g/mol. The molecule has 184 valence electrons. The smallest absolute Gasteiger partial charge is 0.284 e. The number of ketones is 1. The fourth-order valence-electron chi connectivity index (χ4n) is 3.71. The number of Topliss-reactive ketones (excluding diaryl/α,β-unsaturated/α-hetero) is 1. The first-order valence-corrected chi connectivity index (χ1v) is 13.0. The van der Waals surface area contributed by atoms with E-state index in [1.807, 2.05) is 0 Å². The quantitative estimate of drug-likeness (QED) is 0.477. The molecule has 0 spiro atoms. The van der Waals surface area contributed by atoms with Gasteiger partial charge in [-0.2, -0.15) is 21.8 Å². The molecule has 0 unspecified atom stereocenters. The van der Waals surface area contributed by atoms with E-state index in [9.17, 15) is 34.8 Å². The zero-order valence-corrected chi connectivity index (χ0v) is 21.1. The van der Waals surface area contributed by atoms with Gasteiger partial charge in [0.2, 0.25) is 20.0 Å². The van der Waals surface area contributed by atoms with Crippen molar-refractivity contribution in [3.8, 4) is 0 Å². The Morgan fingerprint density at radius 1 is 0.688 bits per heavy atom. The molecule has 0 aliphatic rings. The number of carbonyl (C=O) groups excluding carboxylic acids is 1. The topological polar surface area (TPSA) is 91.8 Å². The summed E-state index contributed by atoms with van der Waals surface area (Å²) in [6, 6.07) is -0.286. The lowest BCUT2D eigenvalue weighted by molar-refractivity contribution is -0.0885. The predicted octanol–water partition coefficient (Wildman–Crippen LogP) is 4.05. The molecule has 0 N–H and O–H groups in total. The molecule has 1 aromatic rings. The third-order valence-electron chi connectivity index (χ3n) is 4.59. The van der Waals surface area contributed by atoms with Gasteiger partial charge in [0.15, 0.2) is 0 Å². The molecule has 0 aliphatic carbocycles. The Morgan fingerprint density at radius 2 is 0.969 bits per heavy atom. The van der Waals surface area contributed by atoms with Crippen LogP contribution in [0.3, 0.4) is 0 Å². The van der Waals surface area contributed by atoms with Crippen LogP contribution < -0.4 is 0 Å². The van der Waals surface area contributed by atoms with Crippen molar-refractivity contribution in [1.82, 2.24) is 8.61 Å². The first-order valence-electron chi connectivity index (χ1n) is 10.1. The minimum atomic E-state index is -5.31. The first kappa shape index (κ1) is 28.5. The van der Waals surface area contributed by atoms with Crippen LogP contribution >= 0.6 is 0 Å². The molecule has 0 aromatic heterocycles. The number of nitrogens with zero attached hydrogens (tertiary/aromatic N) is 2. The maximum atomic E-state index is 13.3. The fourth-order valence-corrected chi connectivity index (χ4v) is 7.60. The van der Waals surface area contributed by atoms with Crippen molar-refractivity contribution in [2.75, 3.05) is 0 Å². The van der Waals surface area contributed by atoms with Crippen molar-refractivity contribution in [2.24, 2.45) is 0 Å². The highest BCUT2D eigenvalue weighted by molar-refractivity contribution is 7.90. The highest BCUT2D eigenvalue weighted by atomic mass is 32.2. The molecule has 0 aliphatic heterocycles. The van der Waals surface area contributed by atoms with E-state index < -0.39 is 71.5 Å². The van der Waals surface area contributed by atoms with Crippen LogP contribution in [0.15, 0.2) is 28.0 Å². The molecule has 0 saturated carbocycles. The number of hydrogen-bond acceptors (Lipinski definition) is 5. The molecule has 0 radical (unpaired) electrons. The van der Waals surface area contributed by atoms with E-state index in [4.69, 9.17) is 0 Å². The maximum absolute atomic E-state index is 13.3. The Kier molecular flexibility index (Phi) is 8.72. The number of benzene rings is 1. The van der Waals surface area contributed by atoms with Crippen LogP contribution in [0.5, 0.6) is 0 Å². The lowest BCUT2D eigenvalue weighted by Crippen LogP contribution is -2.43. The summed E-state index contributed by atoms with van der Waals surface area (Å²) in [6.45, 7) is 12.7. The Bertz CT molecular complexity index is 963. The van der Waals surface area contributed by atoms with E-state index in [1.54, 1.807) is 55.4 Å². The lowest BCUT2D eigenvalue weighted by Gasteiger charge is -2.31. The van der Waals surface area contributed by atoms with Gasteiger partial charge in [0.25, 0.3) is 5.78 Å². The zero-order valence-electron chi connectivity index (χ0n) is 19.4. The van der Waals surface area contributed by atoms with Crippen LogP contribution in [0.25, 0.3) is 0 Å². The minimum absolute atomic E-state index is 0.565. The maximum Gasteiger partial charge on any atom is 0.454 e.